The van der Waals surface area contributed by atoms with Crippen LogP contribution in [0.3, 0.4) is 0 Å². The van der Waals surface area contributed by atoms with Crippen molar-refractivity contribution in [2.75, 3.05) is 7.05 Å². The van der Waals surface area contributed by atoms with Crippen molar-refractivity contribution in [1.29, 1.82) is 0 Å². The standard InChI is InChI=1S/C7H15NO4/c1-3-5(9)6(10)4(8-2)7(11)12-3/h3-11H,1-2H3/t3-,4?,5+,6-,7+/m1/s1. The molecule has 5 heteroatoms. The molecule has 5 nitrogen and oxygen atoms in total. The Labute approximate surface area is 71.0 Å². The highest BCUT2D eigenvalue weighted by Gasteiger charge is 2.40. The van der Waals surface area contributed by atoms with E-state index < -0.39 is 30.6 Å². The molecule has 1 rings (SSSR count). The van der Waals surface area contributed by atoms with Crippen LogP contribution in [0.4, 0.5) is 0 Å². The molecule has 1 aliphatic rings. The summed E-state index contributed by atoms with van der Waals surface area (Å²) < 4.78 is 4.96. The van der Waals surface area contributed by atoms with Crippen molar-refractivity contribution in [3.63, 3.8) is 0 Å². The maximum atomic E-state index is 9.43. The quantitative estimate of drug-likeness (QED) is 0.373. The van der Waals surface area contributed by atoms with Crippen LogP contribution in [0.2, 0.25) is 0 Å². The third-order valence-electron chi connectivity index (χ3n) is 2.19. The molecule has 5 atom stereocenters. The van der Waals surface area contributed by atoms with Crippen molar-refractivity contribution in [2.45, 2.75) is 37.6 Å². The van der Waals surface area contributed by atoms with Crippen molar-refractivity contribution < 1.29 is 20.1 Å². The minimum absolute atomic E-state index is 0.542. The van der Waals surface area contributed by atoms with E-state index in [1.165, 1.54) is 0 Å². The molecule has 0 bridgehead atoms. The van der Waals surface area contributed by atoms with E-state index in [-0.39, 0.29) is 0 Å². The highest BCUT2D eigenvalue weighted by molar-refractivity contribution is 4.90. The van der Waals surface area contributed by atoms with Crippen molar-refractivity contribution in [3.8, 4) is 0 Å². The molecule has 1 fully saturated rings. The summed E-state index contributed by atoms with van der Waals surface area (Å²) in [5, 5.41) is 30.7. The van der Waals surface area contributed by atoms with Gasteiger partial charge in [-0.2, -0.15) is 0 Å². The van der Waals surface area contributed by atoms with Gasteiger partial charge in [-0.15, -0.1) is 0 Å². The Morgan fingerprint density at radius 3 is 2.25 bits per heavy atom. The lowest BCUT2D eigenvalue weighted by molar-refractivity contribution is -0.242. The summed E-state index contributed by atoms with van der Waals surface area (Å²) in [6.07, 6.45) is -3.55. The molecule has 12 heavy (non-hydrogen) atoms. The fourth-order valence-electron chi connectivity index (χ4n) is 1.36. The Morgan fingerprint density at radius 1 is 1.17 bits per heavy atom. The fraction of sp³-hybridized carbons (Fsp3) is 1.00. The number of ether oxygens (including phenoxy) is 1. The first-order valence-electron chi connectivity index (χ1n) is 3.95. The number of aliphatic hydroxyl groups is 3. The van der Waals surface area contributed by atoms with Crippen LogP contribution in [0.1, 0.15) is 6.92 Å². The number of hydrogen-bond acceptors (Lipinski definition) is 5. The van der Waals surface area contributed by atoms with E-state index in [4.69, 9.17) is 4.74 Å². The van der Waals surface area contributed by atoms with Gasteiger partial charge < -0.3 is 25.4 Å². The molecule has 1 aliphatic heterocycles. The zero-order valence-electron chi connectivity index (χ0n) is 7.14. The Hall–Kier alpha value is -0.200. The number of hydrogen-bond donors (Lipinski definition) is 4. The van der Waals surface area contributed by atoms with E-state index in [1.807, 2.05) is 0 Å². The Bertz CT molecular complexity index is 154. The summed E-state index contributed by atoms with van der Waals surface area (Å²) in [6, 6.07) is -0.629. The maximum absolute atomic E-state index is 9.43. The molecule has 0 spiro atoms. The molecule has 1 heterocycles. The van der Waals surface area contributed by atoms with Crippen LogP contribution in [0, 0.1) is 0 Å². The lowest BCUT2D eigenvalue weighted by atomic mass is 9.98. The van der Waals surface area contributed by atoms with Gasteiger partial charge in [-0.1, -0.05) is 0 Å². The summed E-state index contributed by atoms with van der Waals surface area (Å²) >= 11 is 0. The topological polar surface area (TPSA) is 82.0 Å². The molecule has 4 N–H and O–H groups in total. The van der Waals surface area contributed by atoms with Gasteiger partial charge in [0.1, 0.15) is 12.2 Å². The Morgan fingerprint density at radius 2 is 1.75 bits per heavy atom. The van der Waals surface area contributed by atoms with E-state index >= 15 is 0 Å². The van der Waals surface area contributed by atoms with Gasteiger partial charge in [0.25, 0.3) is 0 Å². The van der Waals surface area contributed by atoms with Crippen LogP contribution in [-0.4, -0.2) is 53.0 Å². The van der Waals surface area contributed by atoms with Gasteiger partial charge >= 0.3 is 0 Å². The summed E-state index contributed by atoms with van der Waals surface area (Å²) in [5.41, 5.74) is 0. The second-order valence-corrected chi connectivity index (χ2v) is 3.03. The molecule has 1 saturated heterocycles. The SMILES string of the molecule is CNC1[C@@H](O)[C@@H](O)[C@@H](C)O[C@@H]1O. The highest BCUT2D eigenvalue weighted by Crippen LogP contribution is 2.18. The van der Waals surface area contributed by atoms with E-state index in [9.17, 15) is 15.3 Å². The van der Waals surface area contributed by atoms with Crippen molar-refractivity contribution in [1.82, 2.24) is 5.32 Å². The smallest absolute Gasteiger partial charge is 0.173 e. The molecule has 0 saturated carbocycles. The third-order valence-corrected chi connectivity index (χ3v) is 2.19. The molecule has 0 amide bonds. The Kier molecular flexibility index (Phi) is 3.03. The minimum Gasteiger partial charge on any atom is -0.388 e. The first-order chi connectivity index (χ1) is 5.57. The molecule has 0 aromatic rings. The summed E-state index contributed by atoms with van der Waals surface area (Å²) in [6.45, 7) is 1.60. The van der Waals surface area contributed by atoms with Gasteiger partial charge in [-0.3, -0.25) is 0 Å². The van der Waals surface area contributed by atoms with E-state index in [1.54, 1.807) is 14.0 Å². The fourth-order valence-corrected chi connectivity index (χ4v) is 1.36. The normalized spacial score (nSPS) is 49.2. The summed E-state index contributed by atoms with van der Waals surface area (Å²) in [5.74, 6) is 0. The molecule has 0 aliphatic carbocycles. The lowest BCUT2D eigenvalue weighted by Crippen LogP contribution is -2.61. The molecular weight excluding hydrogens is 162 g/mol. The van der Waals surface area contributed by atoms with Crippen LogP contribution in [0.5, 0.6) is 0 Å². The van der Waals surface area contributed by atoms with Crippen LogP contribution < -0.4 is 5.32 Å². The first-order valence-corrected chi connectivity index (χ1v) is 3.95. The van der Waals surface area contributed by atoms with Gasteiger partial charge in [0, 0.05) is 0 Å². The monoisotopic (exact) mass is 177 g/mol. The van der Waals surface area contributed by atoms with Crippen molar-refractivity contribution in [2.24, 2.45) is 0 Å². The molecule has 0 aromatic carbocycles. The molecule has 1 unspecified atom stereocenters. The van der Waals surface area contributed by atoms with E-state index in [0.717, 1.165) is 0 Å². The first kappa shape index (κ1) is 9.88. The van der Waals surface area contributed by atoms with Crippen LogP contribution in [0.15, 0.2) is 0 Å². The molecule has 0 aromatic heterocycles. The lowest BCUT2D eigenvalue weighted by Gasteiger charge is -2.39. The van der Waals surface area contributed by atoms with Crippen LogP contribution in [0.25, 0.3) is 0 Å². The van der Waals surface area contributed by atoms with Gasteiger partial charge in [0.05, 0.1) is 12.1 Å². The maximum Gasteiger partial charge on any atom is 0.173 e. The number of nitrogens with one attached hydrogen (secondary N) is 1. The zero-order valence-corrected chi connectivity index (χ0v) is 7.14. The van der Waals surface area contributed by atoms with Gasteiger partial charge in [0.15, 0.2) is 6.29 Å². The predicted molar refractivity (Wildman–Crippen MR) is 41.4 cm³/mol. The van der Waals surface area contributed by atoms with Crippen molar-refractivity contribution in [3.05, 3.63) is 0 Å². The second-order valence-electron chi connectivity index (χ2n) is 3.03. The number of aliphatic hydroxyl groups excluding tert-OH is 3. The third kappa shape index (κ3) is 1.60. The van der Waals surface area contributed by atoms with Gasteiger partial charge in [-0.05, 0) is 14.0 Å². The average Bonchev–Trinajstić information content (AvgIpc) is 2.01. The van der Waals surface area contributed by atoms with Gasteiger partial charge in [-0.25, -0.2) is 0 Å². The zero-order chi connectivity index (χ0) is 9.30. The van der Waals surface area contributed by atoms with Crippen LogP contribution >= 0.6 is 0 Å². The van der Waals surface area contributed by atoms with E-state index in [2.05, 4.69) is 5.32 Å². The highest BCUT2D eigenvalue weighted by atomic mass is 16.6. The largest absolute Gasteiger partial charge is 0.388 e. The minimum atomic E-state index is -1.07. The summed E-state index contributed by atoms with van der Waals surface area (Å²) in [7, 11) is 1.59. The second kappa shape index (κ2) is 3.68. The average molecular weight is 177 g/mol. The number of rotatable bonds is 1. The predicted octanol–water partition coefficient (Wildman–Crippen LogP) is -1.97. The molecular formula is C7H15NO4. The van der Waals surface area contributed by atoms with Crippen molar-refractivity contribution >= 4 is 0 Å². The Balaban J connectivity index is 2.65. The molecule has 72 valence electrons. The van der Waals surface area contributed by atoms with E-state index in [0.29, 0.717) is 0 Å². The summed E-state index contributed by atoms with van der Waals surface area (Å²) in [4.78, 5) is 0. The van der Waals surface area contributed by atoms with Gasteiger partial charge in [0.2, 0.25) is 0 Å². The number of likely N-dealkylation sites (N-methyl/N-ethyl adjacent to an activating group) is 1. The molecule has 0 radical (unpaired) electrons. The van der Waals surface area contributed by atoms with Crippen LogP contribution in [-0.2, 0) is 4.74 Å².